The van der Waals surface area contributed by atoms with E-state index in [0.717, 1.165) is 64.2 Å². The molecule has 8 saturated carbocycles. The number of rotatable bonds is 25. The van der Waals surface area contributed by atoms with Crippen molar-refractivity contribution in [3.63, 3.8) is 0 Å². The smallest absolute Gasteiger partial charge is 0.304 e. The largest absolute Gasteiger partial charge is 1.00 e. The van der Waals surface area contributed by atoms with Gasteiger partial charge in [-0.05, 0) is 291 Å². The van der Waals surface area contributed by atoms with Crippen LogP contribution in [0.15, 0.2) is 281 Å². The second kappa shape index (κ2) is 50.9. The van der Waals surface area contributed by atoms with Gasteiger partial charge in [0.15, 0.2) is 44.1 Å². The molecule has 9 aromatic carbocycles. The number of halogens is 5. The van der Waals surface area contributed by atoms with Crippen molar-refractivity contribution in [1.29, 1.82) is 0 Å². The van der Waals surface area contributed by atoms with Crippen LogP contribution in [0.4, 0.5) is 17.6 Å². The number of quaternary nitrogens is 1. The molecule has 0 spiro atoms. The summed E-state index contributed by atoms with van der Waals surface area (Å²) in [6.45, 7) is 55.7. The van der Waals surface area contributed by atoms with Gasteiger partial charge in [0.05, 0.1) is 81.3 Å². The van der Waals surface area contributed by atoms with E-state index in [1.54, 1.807) is 4.90 Å². The third-order valence-corrected chi connectivity index (χ3v) is 37.5. The van der Waals surface area contributed by atoms with E-state index in [4.69, 9.17) is 19.3 Å². The summed E-state index contributed by atoms with van der Waals surface area (Å²) in [5.74, 6) is -7.49. The molecule has 0 aromatic heterocycles. The van der Waals surface area contributed by atoms with Gasteiger partial charge in [0, 0.05) is 38.2 Å². The maximum Gasteiger partial charge on any atom is 0.304 e. The van der Waals surface area contributed by atoms with Crippen LogP contribution in [-0.4, -0.2) is 134 Å². The summed E-state index contributed by atoms with van der Waals surface area (Å²) in [6, 6.07) is 87.9. The molecule has 0 amide bonds. The predicted molar refractivity (Wildman–Crippen MR) is 574 cm³/mol. The zero-order chi connectivity index (χ0) is 106. The van der Waals surface area contributed by atoms with Crippen LogP contribution in [0.25, 0.3) is 0 Å². The Hall–Kier alpha value is -6.48. The molecule has 17 rings (SSSR count). The molecule has 9 aromatic rings. The van der Waals surface area contributed by atoms with Crippen molar-refractivity contribution >= 4 is 64.3 Å². The second-order valence-corrected chi connectivity index (χ2v) is 56.6. The lowest BCUT2D eigenvalue weighted by Crippen LogP contribution is -3.11. The van der Waals surface area contributed by atoms with E-state index in [-0.39, 0.29) is 107 Å². The van der Waals surface area contributed by atoms with Crippen LogP contribution in [0.2, 0.25) is 0 Å². The number of hydrogen-bond acceptors (Lipinski definition) is 13. The van der Waals surface area contributed by atoms with Crippen LogP contribution in [-0.2, 0) is 113 Å². The van der Waals surface area contributed by atoms with Gasteiger partial charge in [-0.15, -0.1) is 4.33 Å². The third kappa shape index (κ3) is 37.0. The lowest BCUT2D eigenvalue weighted by atomic mass is 9.52. The minimum atomic E-state index is -4.42. The molecule has 5 N–H and O–H groups in total. The van der Waals surface area contributed by atoms with Gasteiger partial charge in [0.2, 0.25) is 22.0 Å². The average molecular weight is 2190 g/mol. The third-order valence-electron chi connectivity index (χ3n) is 27.7. The van der Waals surface area contributed by atoms with Gasteiger partial charge >= 0.3 is 11.8 Å². The first kappa shape index (κ1) is 123. The van der Waals surface area contributed by atoms with Crippen LogP contribution in [0.1, 0.15) is 290 Å². The number of alkyl halides is 4. The number of ether oxygens (including phenoxy) is 2. The van der Waals surface area contributed by atoms with Gasteiger partial charge in [-0.3, -0.25) is 13.8 Å². The molecular formula is C118H166F4INO14S5+2. The van der Waals surface area contributed by atoms with E-state index < -0.39 is 79.1 Å². The summed E-state index contributed by atoms with van der Waals surface area (Å²) in [4.78, 5) is 36.6. The predicted octanol–water partition coefficient (Wildman–Crippen LogP) is 23.9. The summed E-state index contributed by atoms with van der Waals surface area (Å²) in [5.41, 5.74) is 6.89. The number of nitrogens with one attached hydrogen (secondary N) is 1. The molecule has 790 valence electrons. The molecule has 4 atom stereocenters. The van der Waals surface area contributed by atoms with Crippen LogP contribution in [0.5, 0.6) is 0 Å². The normalized spacial score (nSPS) is 21.0. The van der Waals surface area contributed by atoms with Gasteiger partial charge < -0.3 is 57.7 Å². The Morgan fingerprint density at radius 1 is 0.371 bits per heavy atom. The van der Waals surface area contributed by atoms with E-state index in [0.29, 0.717) is 50.4 Å². The van der Waals surface area contributed by atoms with E-state index in [1.165, 1.54) is 118 Å². The molecular weight excluding hydrogens is 2020 g/mol. The summed E-state index contributed by atoms with van der Waals surface area (Å²) >= 11 is 0. The van der Waals surface area contributed by atoms with Crippen LogP contribution in [0.3, 0.4) is 0 Å². The lowest BCUT2D eigenvalue weighted by Gasteiger charge is -2.59. The molecule has 0 radical (unpaired) electrons. The first-order valence-corrected chi connectivity index (χ1v) is 57.7. The van der Waals surface area contributed by atoms with E-state index in [9.17, 15) is 54.5 Å². The summed E-state index contributed by atoms with van der Waals surface area (Å²) in [5, 5.41) is 29.0. The van der Waals surface area contributed by atoms with Crippen molar-refractivity contribution < 1.29 is 111 Å². The average Bonchev–Trinajstić information content (AvgIpc) is 0.731. The van der Waals surface area contributed by atoms with Crippen LogP contribution < -0.4 is 28.9 Å². The van der Waals surface area contributed by atoms with Gasteiger partial charge in [0.25, 0.3) is 0 Å². The molecule has 8 aliphatic carbocycles. The van der Waals surface area contributed by atoms with E-state index in [2.05, 4.69) is 391 Å². The number of aliphatic hydroxyl groups is 2. The van der Waals surface area contributed by atoms with Gasteiger partial charge in [-0.25, -0.2) is 17.9 Å². The summed E-state index contributed by atoms with van der Waals surface area (Å²) in [7, 11) is -8.77. The fourth-order valence-electron chi connectivity index (χ4n) is 19.9. The molecule has 4 unspecified atom stereocenters. The molecule has 25 heteroatoms. The maximum atomic E-state index is 12.9. The first-order chi connectivity index (χ1) is 65.7. The van der Waals surface area contributed by atoms with Gasteiger partial charge in [0.1, 0.15) is 22.8 Å². The summed E-state index contributed by atoms with van der Waals surface area (Å²) in [6.07, 6.45) is 9.59. The SMILES string of the molecule is CC(C)(C)c1ccc([S+](c2ccccc2)c2ccc(C(C)(C)C)cc2)cc1.CC(C)(C)c1ccc([S+](c2ccccc2)c2ccc(C(C)(C)C)cc2)cc1.CC(C)(C)c1ccc([S+](c2ccccc2)c2ccc(C(C)(C)C)cc2)cc1.CC(F)(F)C(=O)COC12CC3CC(CC(O)(C3)C1)C2.CC(F)(F)C(=O)COC12CC3CC(CC(O)(C3)C1)C2.CCOS(=O)(=O)[O-].CCS(=O)(O)(CC)OO.CC[NH+](CC)CC.[I-]. The fourth-order valence-corrected chi connectivity index (χ4v) is 27.0. The number of carbonyl (C=O) groups excluding carboxylic acids is 2. The number of carbonyl (C=O) groups is 2. The van der Waals surface area contributed by atoms with Crippen molar-refractivity contribution in [2.75, 3.05) is 51.0 Å². The highest BCUT2D eigenvalue weighted by Crippen LogP contribution is 2.61. The topological polar surface area (TPSA) is 231 Å². The highest BCUT2D eigenvalue weighted by molar-refractivity contribution is 8.10. The fraction of sp³-hybridized carbons (Fsp3) is 0.525. The number of ketones is 2. The Morgan fingerprint density at radius 3 is 0.692 bits per heavy atom. The molecule has 8 bridgehead atoms. The molecule has 0 heterocycles. The van der Waals surface area contributed by atoms with E-state index in [1.807, 2.05) is 0 Å². The van der Waals surface area contributed by atoms with E-state index >= 15 is 0 Å². The highest BCUT2D eigenvalue weighted by atomic mass is 127. The zero-order valence-corrected chi connectivity index (χ0v) is 96.0. The quantitative estimate of drug-likeness (QED) is 0.00682. The summed E-state index contributed by atoms with van der Waals surface area (Å²) < 4.78 is 118. The standard InChI is InChI=1S/3C26H31S.2C14H20F2O3.C6H15N.C4H12O4S.C2H6O4S.HI/c3*1-25(2,3)20-12-16-23(17-13-20)27(22-10-8-7-9-11-22)24-18-14-21(15-19-24)26(4,5)6;2*1-12(15,16)11(17)7-19-14-5-9-2-10(6-14)4-13(18,3-9)8-14;1-4-7(5-2)6-3;1-3-9(6,7,4-2)8-5;1-2-6-7(3,4)5;/h3*7-19H,1-6H3;2*9-10,18H,2-8H2,1H3;4-6H2,1-3H3;5H,3-4H2,1-2H3,(H,6,7);2H2,1H3,(H,3,4,5);1H/q3*+1;;;;;;/p-1. The Labute approximate surface area is 881 Å². The molecule has 15 nitrogen and oxygen atoms in total. The molecule has 0 aliphatic heterocycles. The molecule has 143 heavy (non-hydrogen) atoms. The second-order valence-electron chi connectivity index (χ2n) is 45.9. The lowest BCUT2D eigenvalue weighted by molar-refractivity contribution is -0.894. The Bertz CT molecular complexity index is 4940. The van der Waals surface area contributed by atoms with Crippen molar-refractivity contribution in [1.82, 2.24) is 0 Å². The van der Waals surface area contributed by atoms with Gasteiger partial charge in [-0.1, -0.05) is 266 Å². The first-order valence-electron chi connectivity index (χ1n) is 50.5. The van der Waals surface area contributed by atoms with Gasteiger partial charge in [-0.2, -0.15) is 17.6 Å². The van der Waals surface area contributed by atoms with Crippen molar-refractivity contribution in [3.05, 3.63) is 270 Å². The minimum absolute atomic E-state index is 0. The highest BCUT2D eigenvalue weighted by Gasteiger charge is 2.60. The zero-order valence-electron chi connectivity index (χ0n) is 89.8. The van der Waals surface area contributed by atoms with Crippen molar-refractivity contribution in [2.24, 2.45) is 23.7 Å². The number of Topliss-reactive ketones (excluding diaryl/α,β-unsaturated/α-hetero) is 2. The van der Waals surface area contributed by atoms with Crippen LogP contribution in [0, 0.1) is 23.7 Å². The Balaban J connectivity index is 0.000000230. The minimum Gasteiger partial charge on any atom is -1.00 e. The number of benzene rings is 9. The Morgan fingerprint density at radius 2 is 0.566 bits per heavy atom. The molecule has 8 aliphatic rings. The van der Waals surface area contributed by atoms with Crippen molar-refractivity contribution in [2.45, 2.75) is 368 Å². The number of hydrogen-bond donors (Lipinski definition) is 5. The monoisotopic (exact) mass is 2180 g/mol. The molecule has 0 saturated heterocycles. The molecule has 8 fully saturated rings. The van der Waals surface area contributed by atoms with Crippen molar-refractivity contribution in [3.8, 4) is 0 Å². The Kier molecular flexibility index (Phi) is 43.9. The maximum absolute atomic E-state index is 12.9. The van der Waals surface area contributed by atoms with Crippen LogP contribution >= 0.6 is 0 Å².